The van der Waals surface area contributed by atoms with Gasteiger partial charge >= 0.3 is 0 Å². The molecule has 5 heteroatoms. The number of rotatable bonds is 36. The summed E-state index contributed by atoms with van der Waals surface area (Å²) in [5.74, 6) is 0. The van der Waals surface area contributed by atoms with Crippen LogP contribution in [0.25, 0.3) is 0 Å². The number of hydrogen-bond donors (Lipinski definition) is 0. The minimum Gasteiger partial charge on any atom is -0.349 e. The van der Waals surface area contributed by atoms with Crippen LogP contribution in [0.2, 0.25) is 0 Å². The van der Waals surface area contributed by atoms with E-state index in [0.29, 0.717) is 26.1 Å². The van der Waals surface area contributed by atoms with Crippen molar-refractivity contribution in [2.24, 2.45) is 0 Å². The van der Waals surface area contributed by atoms with Crippen molar-refractivity contribution >= 4 is 12.6 Å². The summed E-state index contributed by atoms with van der Waals surface area (Å²) in [4.78, 5) is 20.9. The first kappa shape index (κ1) is 41.7. The first-order valence-corrected chi connectivity index (χ1v) is 18.4. The van der Waals surface area contributed by atoms with Crippen LogP contribution in [0.5, 0.6) is 0 Å². The molecule has 0 aromatic heterocycles. The van der Waals surface area contributed by atoms with Crippen LogP contribution in [0.1, 0.15) is 181 Å². The molecule has 2 atom stereocenters. The Balaban J connectivity index is 4.80. The fraction of sp³-hybridized carbons (Fsp3) is 0.842. The second-order valence-corrected chi connectivity index (χ2v) is 12.0. The lowest BCUT2D eigenvalue weighted by Gasteiger charge is -2.22. The van der Waals surface area contributed by atoms with Gasteiger partial charge in [-0.1, -0.05) is 129 Å². The largest absolute Gasteiger partial charge is 0.349 e. The zero-order valence-electron chi connectivity index (χ0n) is 28.5. The summed E-state index contributed by atoms with van der Waals surface area (Å²) in [6.45, 7) is 5.91. The molecule has 0 N–H and O–H groups in total. The summed E-state index contributed by atoms with van der Waals surface area (Å²) in [5, 5.41) is 0. The van der Waals surface area contributed by atoms with Crippen LogP contribution < -0.4 is 0 Å². The lowest BCUT2D eigenvalue weighted by Crippen LogP contribution is -2.25. The fourth-order valence-electron chi connectivity index (χ4n) is 5.03. The van der Waals surface area contributed by atoms with Gasteiger partial charge in [-0.2, -0.15) is 0 Å². The molecule has 0 heterocycles. The van der Waals surface area contributed by atoms with E-state index in [1.54, 1.807) is 0 Å². The monoisotopic (exact) mass is 607 g/mol. The van der Waals surface area contributed by atoms with Crippen LogP contribution in [-0.4, -0.2) is 38.4 Å². The molecule has 0 radical (unpaired) electrons. The van der Waals surface area contributed by atoms with E-state index < -0.39 is 12.6 Å². The number of carbonyl (C=O) groups is 2. The molecule has 0 rings (SSSR count). The lowest BCUT2D eigenvalue weighted by molar-refractivity contribution is -0.208. The Morgan fingerprint density at radius 1 is 0.419 bits per heavy atom. The Bertz CT molecular complexity index is 565. The summed E-state index contributed by atoms with van der Waals surface area (Å²) < 4.78 is 18.8. The van der Waals surface area contributed by atoms with Gasteiger partial charge in [0.15, 0.2) is 12.6 Å². The fourth-order valence-corrected chi connectivity index (χ4v) is 5.03. The quantitative estimate of drug-likeness (QED) is 0.0307. The molecule has 0 saturated heterocycles. The van der Waals surface area contributed by atoms with Gasteiger partial charge in [-0.15, -0.1) is 0 Å². The number of aldehydes is 2. The normalized spacial score (nSPS) is 13.3. The summed E-state index contributed by atoms with van der Waals surface area (Å²) in [6.07, 6.45) is 39.5. The molecule has 43 heavy (non-hydrogen) atoms. The van der Waals surface area contributed by atoms with Gasteiger partial charge in [0.2, 0.25) is 0 Å². The highest BCUT2D eigenvalue weighted by Gasteiger charge is 2.13. The third-order valence-corrected chi connectivity index (χ3v) is 7.80. The molecule has 0 aromatic rings. The summed E-state index contributed by atoms with van der Waals surface area (Å²) in [6, 6.07) is 0. The van der Waals surface area contributed by atoms with Crippen molar-refractivity contribution in [1.29, 1.82) is 0 Å². The van der Waals surface area contributed by atoms with Gasteiger partial charge in [-0.05, 0) is 63.5 Å². The molecule has 0 fully saturated rings. The van der Waals surface area contributed by atoms with Crippen molar-refractivity contribution in [1.82, 2.24) is 0 Å². The zero-order valence-corrected chi connectivity index (χ0v) is 28.5. The van der Waals surface area contributed by atoms with E-state index >= 15 is 0 Å². The molecule has 0 saturated carbocycles. The minimum atomic E-state index is -0.393. The van der Waals surface area contributed by atoms with Gasteiger partial charge in [0.25, 0.3) is 0 Å². The molecule has 5 nitrogen and oxygen atoms in total. The second kappa shape index (κ2) is 36.9. The van der Waals surface area contributed by atoms with Crippen LogP contribution in [0.3, 0.4) is 0 Å². The van der Waals surface area contributed by atoms with Crippen LogP contribution in [0, 0.1) is 0 Å². The van der Waals surface area contributed by atoms with E-state index in [2.05, 4.69) is 38.2 Å². The summed E-state index contributed by atoms with van der Waals surface area (Å²) >= 11 is 0. The van der Waals surface area contributed by atoms with Gasteiger partial charge in [0.1, 0.15) is 12.6 Å². The van der Waals surface area contributed by atoms with Crippen molar-refractivity contribution in [2.75, 3.05) is 13.2 Å². The van der Waals surface area contributed by atoms with Crippen molar-refractivity contribution < 1.29 is 23.8 Å². The summed E-state index contributed by atoms with van der Waals surface area (Å²) in [5.41, 5.74) is 0. The third-order valence-electron chi connectivity index (χ3n) is 7.80. The number of carbonyl (C=O) groups excluding carboxylic acids is 2. The average molecular weight is 607 g/mol. The molecule has 0 amide bonds. The standard InChI is InChI=1S/C38H70O5/c1-3-5-7-23-29-35-41-37(31-25-19-15-11-9-13-17-21-27-33-39)43-38(42-36-30-24-8-6-4-2)32-26-20-16-12-10-14-18-22-28-34-40/h25-26,31-34,37-38H,3-24,27-30,35-36H2,1-2H3. The van der Waals surface area contributed by atoms with Crippen molar-refractivity contribution in [3.8, 4) is 0 Å². The van der Waals surface area contributed by atoms with Crippen LogP contribution in [-0.2, 0) is 23.8 Å². The van der Waals surface area contributed by atoms with Gasteiger partial charge in [-0.25, -0.2) is 0 Å². The first-order valence-electron chi connectivity index (χ1n) is 18.4. The van der Waals surface area contributed by atoms with Crippen molar-refractivity contribution in [3.63, 3.8) is 0 Å². The Morgan fingerprint density at radius 2 is 0.744 bits per heavy atom. The maximum Gasteiger partial charge on any atom is 0.180 e. The lowest BCUT2D eigenvalue weighted by atomic mass is 10.1. The topological polar surface area (TPSA) is 61.8 Å². The highest BCUT2D eigenvalue weighted by molar-refractivity contribution is 5.49. The van der Waals surface area contributed by atoms with E-state index in [4.69, 9.17) is 14.2 Å². The van der Waals surface area contributed by atoms with Crippen LogP contribution >= 0.6 is 0 Å². The van der Waals surface area contributed by atoms with Gasteiger partial charge in [-0.3, -0.25) is 0 Å². The van der Waals surface area contributed by atoms with Crippen molar-refractivity contribution in [2.45, 2.75) is 193 Å². The number of allylic oxidation sites excluding steroid dienone is 2. The minimum absolute atomic E-state index is 0.393. The van der Waals surface area contributed by atoms with E-state index in [1.165, 1.54) is 103 Å². The Kier molecular flexibility index (Phi) is 35.8. The second-order valence-electron chi connectivity index (χ2n) is 12.0. The smallest absolute Gasteiger partial charge is 0.180 e. The molecular weight excluding hydrogens is 536 g/mol. The molecule has 0 bridgehead atoms. The SMILES string of the molecule is CCCCCCCOC(C=CCCCCCCCCC=O)OC(C=CCCCCCCCCC=O)OCCCCCCC. The summed E-state index contributed by atoms with van der Waals surface area (Å²) in [7, 11) is 0. The molecular formula is C38H70O5. The number of hydrogen-bond acceptors (Lipinski definition) is 5. The zero-order chi connectivity index (χ0) is 31.3. The number of ether oxygens (including phenoxy) is 3. The molecule has 252 valence electrons. The van der Waals surface area contributed by atoms with E-state index in [-0.39, 0.29) is 0 Å². The highest BCUT2D eigenvalue weighted by Crippen LogP contribution is 2.14. The molecule has 2 unspecified atom stereocenters. The molecule has 0 spiro atoms. The van der Waals surface area contributed by atoms with Gasteiger partial charge in [0, 0.05) is 12.8 Å². The van der Waals surface area contributed by atoms with Crippen molar-refractivity contribution in [3.05, 3.63) is 24.3 Å². The van der Waals surface area contributed by atoms with E-state index in [9.17, 15) is 9.59 Å². The van der Waals surface area contributed by atoms with E-state index in [1.807, 2.05) is 0 Å². The number of unbranched alkanes of at least 4 members (excludes halogenated alkanes) is 22. The molecule has 0 aliphatic rings. The third kappa shape index (κ3) is 33.4. The molecule has 0 aromatic carbocycles. The van der Waals surface area contributed by atoms with Crippen LogP contribution in [0.4, 0.5) is 0 Å². The van der Waals surface area contributed by atoms with Gasteiger partial charge < -0.3 is 23.8 Å². The molecule has 0 aliphatic heterocycles. The van der Waals surface area contributed by atoms with E-state index in [0.717, 1.165) is 63.9 Å². The Morgan fingerprint density at radius 3 is 1.12 bits per heavy atom. The Labute approximate surface area is 267 Å². The molecule has 0 aliphatic carbocycles. The average Bonchev–Trinajstić information content (AvgIpc) is 3.01. The first-order chi connectivity index (χ1) is 21.3. The highest BCUT2D eigenvalue weighted by atomic mass is 16.8. The van der Waals surface area contributed by atoms with Crippen LogP contribution in [0.15, 0.2) is 24.3 Å². The maximum absolute atomic E-state index is 10.4. The Hall–Kier alpha value is -1.30. The predicted octanol–water partition coefficient (Wildman–Crippen LogP) is 11.4. The maximum atomic E-state index is 10.4. The van der Waals surface area contributed by atoms with Gasteiger partial charge in [0.05, 0.1) is 13.2 Å². The predicted molar refractivity (Wildman–Crippen MR) is 182 cm³/mol.